The van der Waals surface area contributed by atoms with Crippen molar-refractivity contribution < 1.29 is 24.3 Å². The number of fused-ring (bicyclic) bond motifs is 1. The second-order valence-corrected chi connectivity index (χ2v) is 8.07. The molecule has 0 bridgehead atoms. The molecule has 1 aromatic carbocycles. The van der Waals surface area contributed by atoms with E-state index in [-0.39, 0.29) is 6.42 Å². The van der Waals surface area contributed by atoms with Crippen molar-refractivity contribution in [2.45, 2.75) is 37.4 Å². The van der Waals surface area contributed by atoms with Gasteiger partial charge in [-0.3, -0.25) is 14.4 Å². The number of nitrogens with one attached hydrogen (secondary N) is 3. The SMILES string of the molecule is CSCCC(N)C(=O)NC(Cc1c[nH]c2ccccc12)C(=O)NC(CC(N)=O)C(=O)O. The van der Waals surface area contributed by atoms with E-state index < -0.39 is 48.2 Å². The highest BCUT2D eigenvalue weighted by Crippen LogP contribution is 2.19. The van der Waals surface area contributed by atoms with Crippen molar-refractivity contribution in [3.63, 3.8) is 0 Å². The zero-order valence-electron chi connectivity index (χ0n) is 17.1. The van der Waals surface area contributed by atoms with Crippen LogP contribution in [0.5, 0.6) is 0 Å². The third kappa shape index (κ3) is 7.00. The van der Waals surface area contributed by atoms with Gasteiger partial charge in [-0.05, 0) is 30.1 Å². The number of carbonyl (C=O) groups excluding carboxylic acids is 3. The van der Waals surface area contributed by atoms with E-state index >= 15 is 0 Å². The Morgan fingerprint density at radius 2 is 1.81 bits per heavy atom. The average molecular weight is 450 g/mol. The highest BCUT2D eigenvalue weighted by atomic mass is 32.2. The normalized spacial score (nSPS) is 13.9. The molecule has 1 heterocycles. The summed E-state index contributed by atoms with van der Waals surface area (Å²) in [7, 11) is 0. The zero-order valence-corrected chi connectivity index (χ0v) is 17.9. The third-order valence-electron chi connectivity index (χ3n) is 4.72. The van der Waals surface area contributed by atoms with E-state index in [2.05, 4.69) is 15.6 Å². The van der Waals surface area contributed by atoms with Gasteiger partial charge in [0.1, 0.15) is 12.1 Å². The molecule has 0 fully saturated rings. The fourth-order valence-corrected chi connectivity index (χ4v) is 3.55. The Morgan fingerprint density at radius 1 is 1.13 bits per heavy atom. The zero-order chi connectivity index (χ0) is 23.0. The summed E-state index contributed by atoms with van der Waals surface area (Å²) < 4.78 is 0. The largest absolute Gasteiger partial charge is 0.480 e. The molecule has 8 N–H and O–H groups in total. The molecule has 3 atom stereocenters. The molecule has 2 aromatic rings. The maximum Gasteiger partial charge on any atom is 0.326 e. The summed E-state index contributed by atoms with van der Waals surface area (Å²) in [6.07, 6.45) is 3.57. The summed E-state index contributed by atoms with van der Waals surface area (Å²) in [5.41, 5.74) is 12.6. The van der Waals surface area contributed by atoms with Gasteiger partial charge in [-0.25, -0.2) is 4.79 Å². The first-order valence-electron chi connectivity index (χ1n) is 9.64. The number of rotatable bonds is 12. The highest BCUT2D eigenvalue weighted by molar-refractivity contribution is 7.98. The molecule has 3 amide bonds. The molecule has 3 unspecified atom stereocenters. The van der Waals surface area contributed by atoms with E-state index in [4.69, 9.17) is 11.5 Å². The van der Waals surface area contributed by atoms with E-state index in [1.54, 1.807) is 18.0 Å². The van der Waals surface area contributed by atoms with Crippen LogP contribution < -0.4 is 22.1 Å². The van der Waals surface area contributed by atoms with Crippen molar-refractivity contribution in [1.29, 1.82) is 0 Å². The maximum atomic E-state index is 12.9. The summed E-state index contributed by atoms with van der Waals surface area (Å²) in [6, 6.07) is 4.04. The number of aromatic nitrogens is 1. The van der Waals surface area contributed by atoms with Crippen LogP contribution in [0.15, 0.2) is 30.5 Å². The highest BCUT2D eigenvalue weighted by Gasteiger charge is 2.29. The van der Waals surface area contributed by atoms with Gasteiger partial charge in [-0.1, -0.05) is 18.2 Å². The van der Waals surface area contributed by atoms with Crippen molar-refractivity contribution in [3.05, 3.63) is 36.0 Å². The van der Waals surface area contributed by atoms with Gasteiger partial charge in [-0.2, -0.15) is 11.8 Å². The number of nitrogens with two attached hydrogens (primary N) is 2. The van der Waals surface area contributed by atoms with E-state index in [9.17, 15) is 24.3 Å². The average Bonchev–Trinajstić information content (AvgIpc) is 3.13. The minimum atomic E-state index is -1.50. The second kappa shape index (κ2) is 11.4. The Hall–Kier alpha value is -3.05. The number of benzene rings is 1. The molecule has 1 aromatic heterocycles. The first-order valence-corrected chi connectivity index (χ1v) is 11.0. The fourth-order valence-electron chi connectivity index (χ4n) is 3.06. The Labute approximate surface area is 183 Å². The van der Waals surface area contributed by atoms with Crippen LogP contribution >= 0.6 is 11.8 Å². The molecule has 0 spiro atoms. The molecule has 31 heavy (non-hydrogen) atoms. The summed E-state index contributed by atoms with van der Waals surface area (Å²) in [5, 5.41) is 15.1. The number of aromatic amines is 1. The molecule has 0 radical (unpaired) electrons. The van der Waals surface area contributed by atoms with Crippen LogP contribution in [0.1, 0.15) is 18.4 Å². The van der Waals surface area contributed by atoms with Gasteiger partial charge in [0.05, 0.1) is 12.5 Å². The number of hydrogen-bond acceptors (Lipinski definition) is 6. The van der Waals surface area contributed by atoms with E-state index in [0.717, 1.165) is 16.5 Å². The van der Waals surface area contributed by atoms with Crippen molar-refractivity contribution in [2.24, 2.45) is 11.5 Å². The minimum absolute atomic E-state index is 0.0970. The van der Waals surface area contributed by atoms with Gasteiger partial charge < -0.3 is 32.2 Å². The van der Waals surface area contributed by atoms with Crippen molar-refractivity contribution in [1.82, 2.24) is 15.6 Å². The summed E-state index contributed by atoms with van der Waals surface area (Å²) in [6.45, 7) is 0. The molecular formula is C20H27N5O5S. The van der Waals surface area contributed by atoms with Crippen LogP contribution in [-0.4, -0.2) is 63.9 Å². The lowest BCUT2D eigenvalue weighted by atomic mass is 10.0. The van der Waals surface area contributed by atoms with Gasteiger partial charge in [0.2, 0.25) is 17.7 Å². The molecular weight excluding hydrogens is 422 g/mol. The topological polar surface area (TPSA) is 180 Å². The first-order chi connectivity index (χ1) is 14.7. The predicted molar refractivity (Wildman–Crippen MR) is 118 cm³/mol. The van der Waals surface area contributed by atoms with Gasteiger partial charge in [0.25, 0.3) is 0 Å². The van der Waals surface area contributed by atoms with Crippen molar-refractivity contribution in [3.8, 4) is 0 Å². The number of amides is 3. The molecule has 0 aliphatic rings. The standard InChI is InChI=1S/C20H27N5O5S/c1-31-7-6-13(21)18(27)24-15(19(28)25-16(20(29)30)9-17(22)26)8-11-10-23-14-5-3-2-4-12(11)14/h2-5,10,13,15-16,23H,6-9,21H2,1H3,(H2,22,26)(H,24,27)(H,25,28)(H,29,30). The Bertz CT molecular complexity index is 947. The van der Waals surface area contributed by atoms with Crippen LogP contribution in [0.25, 0.3) is 10.9 Å². The Balaban J connectivity index is 2.23. The van der Waals surface area contributed by atoms with Crippen LogP contribution in [0, 0.1) is 0 Å². The molecule has 2 rings (SSSR count). The summed E-state index contributed by atoms with van der Waals surface area (Å²) in [5.74, 6) is -2.86. The Morgan fingerprint density at radius 3 is 2.45 bits per heavy atom. The smallest absolute Gasteiger partial charge is 0.326 e. The number of para-hydroxylation sites is 1. The lowest BCUT2D eigenvalue weighted by Crippen LogP contribution is -2.55. The number of thioether (sulfide) groups is 1. The molecule has 0 aliphatic carbocycles. The number of carboxylic acids is 1. The number of carbonyl (C=O) groups is 4. The van der Waals surface area contributed by atoms with Crippen LogP contribution in [0.3, 0.4) is 0 Å². The lowest BCUT2D eigenvalue weighted by molar-refractivity contribution is -0.143. The van der Waals surface area contributed by atoms with Crippen molar-refractivity contribution in [2.75, 3.05) is 12.0 Å². The monoisotopic (exact) mass is 449 g/mol. The summed E-state index contributed by atoms with van der Waals surface area (Å²) in [4.78, 5) is 51.0. The maximum absolute atomic E-state index is 12.9. The van der Waals surface area contributed by atoms with Crippen LogP contribution in [0.2, 0.25) is 0 Å². The van der Waals surface area contributed by atoms with Crippen LogP contribution in [-0.2, 0) is 25.6 Å². The summed E-state index contributed by atoms with van der Waals surface area (Å²) >= 11 is 1.54. The van der Waals surface area contributed by atoms with Crippen LogP contribution in [0.4, 0.5) is 0 Å². The van der Waals surface area contributed by atoms with Gasteiger partial charge >= 0.3 is 5.97 Å². The third-order valence-corrected chi connectivity index (χ3v) is 5.37. The number of carboxylic acid groups (broad SMARTS) is 1. The van der Waals surface area contributed by atoms with E-state index in [1.807, 2.05) is 30.5 Å². The molecule has 11 heteroatoms. The quantitative estimate of drug-likeness (QED) is 0.258. The fraction of sp³-hybridized carbons (Fsp3) is 0.400. The Kier molecular flexibility index (Phi) is 8.88. The molecule has 0 aliphatic heterocycles. The van der Waals surface area contributed by atoms with E-state index in [1.165, 1.54) is 0 Å². The molecule has 10 nitrogen and oxygen atoms in total. The number of H-pyrrole nitrogens is 1. The predicted octanol–water partition coefficient (Wildman–Crippen LogP) is -0.280. The minimum Gasteiger partial charge on any atom is -0.480 e. The number of aliphatic carboxylic acids is 1. The van der Waals surface area contributed by atoms with E-state index in [0.29, 0.717) is 12.2 Å². The van der Waals surface area contributed by atoms with Gasteiger partial charge in [-0.15, -0.1) is 0 Å². The number of primary amides is 1. The van der Waals surface area contributed by atoms with Gasteiger partial charge in [0.15, 0.2) is 0 Å². The van der Waals surface area contributed by atoms with Crippen molar-refractivity contribution >= 4 is 46.4 Å². The molecule has 0 saturated heterocycles. The molecule has 168 valence electrons. The lowest BCUT2D eigenvalue weighted by Gasteiger charge is -2.22. The molecule has 0 saturated carbocycles. The second-order valence-electron chi connectivity index (χ2n) is 7.08. The number of hydrogen-bond donors (Lipinski definition) is 6. The van der Waals surface area contributed by atoms with Gasteiger partial charge in [0, 0.05) is 23.5 Å². The first kappa shape index (κ1) is 24.2.